The monoisotopic (exact) mass is 537 g/mol. The van der Waals surface area contributed by atoms with Crippen LogP contribution in [0.5, 0.6) is 5.88 Å². The molecule has 206 valence electrons. The summed E-state index contributed by atoms with van der Waals surface area (Å²) in [6.45, 7) is 13.9. The van der Waals surface area contributed by atoms with Crippen LogP contribution in [0.25, 0.3) is 28.2 Å². The summed E-state index contributed by atoms with van der Waals surface area (Å²) in [6.07, 6.45) is 7.44. The van der Waals surface area contributed by atoms with E-state index in [-0.39, 0.29) is 6.61 Å². The molecule has 0 amide bonds. The summed E-state index contributed by atoms with van der Waals surface area (Å²) in [5, 5.41) is 0. The fourth-order valence-electron chi connectivity index (χ4n) is 4.50. The molecule has 1 fully saturated rings. The highest BCUT2D eigenvalue weighted by molar-refractivity contribution is 5.80. The number of benzene rings is 1. The topological polar surface area (TPSA) is 92.0 Å². The highest BCUT2D eigenvalue weighted by Crippen LogP contribution is 2.44. The molecule has 0 radical (unpaired) electrons. The van der Waals surface area contributed by atoms with E-state index in [1.807, 2.05) is 58.0 Å². The SMILES string of the molecule is C=C(C)c1ccc(COc2nc(-c3c(CC)ncnc3C3CC3)ncc2-c2cccn2C(=O)OC(C)(C)C)cc1. The van der Waals surface area contributed by atoms with Crippen molar-refractivity contribution in [2.45, 2.75) is 72.0 Å². The fraction of sp³-hybridized carbons (Fsp3) is 0.344. The van der Waals surface area contributed by atoms with E-state index in [9.17, 15) is 4.79 Å². The number of carbonyl (C=O) groups excluding carboxylic acids is 1. The van der Waals surface area contributed by atoms with Crippen LogP contribution in [0.4, 0.5) is 4.79 Å². The molecule has 0 unspecified atom stereocenters. The Labute approximate surface area is 235 Å². The minimum atomic E-state index is -0.642. The van der Waals surface area contributed by atoms with Crippen molar-refractivity contribution >= 4 is 11.7 Å². The zero-order valence-corrected chi connectivity index (χ0v) is 23.8. The number of nitrogens with zero attached hydrogens (tertiary/aromatic N) is 5. The van der Waals surface area contributed by atoms with Gasteiger partial charge in [-0.2, -0.15) is 4.98 Å². The third-order valence-corrected chi connectivity index (χ3v) is 6.67. The van der Waals surface area contributed by atoms with Crippen LogP contribution in [-0.2, 0) is 17.8 Å². The highest BCUT2D eigenvalue weighted by atomic mass is 16.6. The molecule has 8 nitrogen and oxygen atoms in total. The van der Waals surface area contributed by atoms with Crippen molar-refractivity contribution in [1.82, 2.24) is 24.5 Å². The van der Waals surface area contributed by atoms with Crippen LogP contribution in [0, 0.1) is 0 Å². The number of allylic oxidation sites excluding steroid dienone is 1. The Morgan fingerprint density at radius 3 is 2.50 bits per heavy atom. The molecule has 4 aromatic rings. The zero-order valence-electron chi connectivity index (χ0n) is 23.8. The highest BCUT2D eigenvalue weighted by Gasteiger charge is 2.31. The Balaban J connectivity index is 1.57. The predicted octanol–water partition coefficient (Wildman–Crippen LogP) is 7.24. The van der Waals surface area contributed by atoms with Crippen molar-refractivity contribution in [3.05, 3.63) is 84.2 Å². The maximum Gasteiger partial charge on any atom is 0.418 e. The number of aryl methyl sites for hydroxylation is 1. The summed E-state index contributed by atoms with van der Waals surface area (Å²) >= 11 is 0. The molecule has 3 aromatic heterocycles. The first-order valence-corrected chi connectivity index (χ1v) is 13.6. The number of ether oxygens (including phenoxy) is 2. The lowest BCUT2D eigenvalue weighted by Gasteiger charge is -2.21. The number of hydrogen-bond acceptors (Lipinski definition) is 7. The second kappa shape index (κ2) is 11.0. The minimum Gasteiger partial charge on any atom is -0.472 e. The summed E-state index contributed by atoms with van der Waals surface area (Å²) < 4.78 is 13.4. The van der Waals surface area contributed by atoms with Crippen molar-refractivity contribution in [1.29, 1.82) is 0 Å². The molecule has 0 N–H and O–H groups in total. The van der Waals surface area contributed by atoms with E-state index >= 15 is 0 Å². The molecule has 0 spiro atoms. The van der Waals surface area contributed by atoms with Gasteiger partial charge in [0.2, 0.25) is 5.88 Å². The van der Waals surface area contributed by atoms with Gasteiger partial charge in [0.05, 0.1) is 28.2 Å². The van der Waals surface area contributed by atoms with Crippen molar-refractivity contribution in [3.8, 4) is 28.5 Å². The van der Waals surface area contributed by atoms with Gasteiger partial charge in [-0.3, -0.25) is 4.57 Å². The van der Waals surface area contributed by atoms with Gasteiger partial charge in [-0.05, 0) is 70.2 Å². The van der Waals surface area contributed by atoms with Gasteiger partial charge in [-0.15, -0.1) is 0 Å². The molecule has 40 heavy (non-hydrogen) atoms. The van der Waals surface area contributed by atoms with E-state index in [1.54, 1.807) is 24.8 Å². The van der Waals surface area contributed by atoms with Gasteiger partial charge in [-0.25, -0.2) is 19.7 Å². The molecule has 1 aromatic carbocycles. The van der Waals surface area contributed by atoms with Crippen LogP contribution in [0.3, 0.4) is 0 Å². The van der Waals surface area contributed by atoms with E-state index in [0.717, 1.165) is 52.9 Å². The smallest absolute Gasteiger partial charge is 0.418 e. The largest absolute Gasteiger partial charge is 0.472 e. The Morgan fingerprint density at radius 2 is 1.85 bits per heavy atom. The normalized spacial score (nSPS) is 13.2. The lowest BCUT2D eigenvalue weighted by molar-refractivity contribution is 0.0540. The lowest BCUT2D eigenvalue weighted by Crippen LogP contribution is -2.27. The maximum atomic E-state index is 13.0. The van der Waals surface area contributed by atoms with Crippen LogP contribution in [0.15, 0.2) is 61.7 Å². The van der Waals surface area contributed by atoms with E-state index in [4.69, 9.17) is 19.4 Å². The van der Waals surface area contributed by atoms with Crippen LogP contribution in [0.2, 0.25) is 0 Å². The average molecular weight is 538 g/mol. The predicted molar refractivity (Wildman–Crippen MR) is 155 cm³/mol. The molecule has 0 aliphatic heterocycles. The summed E-state index contributed by atoms with van der Waals surface area (Å²) in [4.78, 5) is 31.8. The molecule has 1 aliphatic carbocycles. The second-order valence-corrected chi connectivity index (χ2v) is 11.1. The number of carbonyl (C=O) groups is 1. The fourth-order valence-corrected chi connectivity index (χ4v) is 4.50. The van der Waals surface area contributed by atoms with Crippen LogP contribution in [-0.4, -0.2) is 36.2 Å². The second-order valence-electron chi connectivity index (χ2n) is 11.1. The minimum absolute atomic E-state index is 0.286. The van der Waals surface area contributed by atoms with Gasteiger partial charge in [-0.1, -0.05) is 43.3 Å². The zero-order chi connectivity index (χ0) is 28.4. The van der Waals surface area contributed by atoms with E-state index in [0.29, 0.717) is 28.9 Å². The van der Waals surface area contributed by atoms with E-state index in [1.165, 1.54) is 4.57 Å². The third-order valence-electron chi connectivity index (χ3n) is 6.67. The van der Waals surface area contributed by atoms with Crippen LogP contribution in [0.1, 0.15) is 75.9 Å². The molecule has 3 heterocycles. The summed E-state index contributed by atoms with van der Waals surface area (Å²) in [5.74, 6) is 1.28. The quantitative estimate of drug-likeness (QED) is 0.234. The Kier molecular flexibility index (Phi) is 7.52. The van der Waals surface area contributed by atoms with Gasteiger partial charge in [0.25, 0.3) is 0 Å². The molecular weight excluding hydrogens is 502 g/mol. The molecule has 1 aliphatic rings. The molecule has 5 rings (SSSR count). The molecule has 0 atom stereocenters. The summed E-state index contributed by atoms with van der Waals surface area (Å²) in [5.41, 5.74) is 6.34. The standard InChI is InChI=1S/C32H35N5O3/c1-7-25-27(28(23-14-15-23)35-19-34-25)29-33-17-24(26-9-8-16-37(26)31(38)40-32(4,5)6)30(36-29)39-18-21-10-12-22(13-11-21)20(2)3/h8-13,16-17,19,23H,2,7,14-15,18H2,1,3-6H3. The molecular formula is C32H35N5O3. The summed E-state index contributed by atoms with van der Waals surface area (Å²) in [7, 11) is 0. The molecule has 0 saturated heterocycles. The van der Waals surface area contributed by atoms with Gasteiger partial charge >= 0.3 is 6.09 Å². The summed E-state index contributed by atoms with van der Waals surface area (Å²) in [6, 6.07) is 11.7. The van der Waals surface area contributed by atoms with Crippen LogP contribution < -0.4 is 4.74 Å². The Bertz CT molecular complexity index is 1550. The van der Waals surface area contributed by atoms with Gasteiger partial charge in [0.15, 0.2) is 5.82 Å². The van der Waals surface area contributed by atoms with Gasteiger partial charge in [0, 0.05) is 18.3 Å². The van der Waals surface area contributed by atoms with Crippen LogP contribution >= 0.6 is 0 Å². The molecule has 8 heteroatoms. The average Bonchev–Trinajstić information content (AvgIpc) is 3.66. The van der Waals surface area contributed by atoms with Crippen molar-refractivity contribution in [2.75, 3.05) is 0 Å². The molecule has 0 bridgehead atoms. The van der Waals surface area contributed by atoms with Crippen molar-refractivity contribution in [2.24, 2.45) is 0 Å². The first-order valence-electron chi connectivity index (χ1n) is 13.6. The first-order chi connectivity index (χ1) is 19.1. The van der Waals surface area contributed by atoms with Gasteiger partial charge < -0.3 is 9.47 Å². The first kappa shape index (κ1) is 27.2. The van der Waals surface area contributed by atoms with E-state index < -0.39 is 11.7 Å². The van der Waals surface area contributed by atoms with Crippen molar-refractivity contribution in [3.63, 3.8) is 0 Å². The number of aromatic nitrogens is 5. The Morgan fingerprint density at radius 1 is 1.10 bits per heavy atom. The number of rotatable bonds is 8. The lowest BCUT2D eigenvalue weighted by atomic mass is 10.1. The number of hydrogen-bond donors (Lipinski definition) is 0. The Hall–Kier alpha value is -4.33. The van der Waals surface area contributed by atoms with Crippen molar-refractivity contribution < 1.29 is 14.3 Å². The van der Waals surface area contributed by atoms with Gasteiger partial charge in [0.1, 0.15) is 18.5 Å². The van der Waals surface area contributed by atoms with E-state index in [2.05, 4.69) is 23.5 Å². The third kappa shape index (κ3) is 5.96. The maximum absolute atomic E-state index is 13.0. The molecule has 1 saturated carbocycles.